The van der Waals surface area contributed by atoms with E-state index in [0.717, 1.165) is 0 Å². The van der Waals surface area contributed by atoms with Gasteiger partial charge in [0.15, 0.2) is 0 Å². The minimum Gasteiger partial charge on any atom is -0.394 e. The van der Waals surface area contributed by atoms with Crippen molar-refractivity contribution in [2.45, 2.75) is 0 Å². The predicted octanol–water partition coefficient (Wildman–Crippen LogP) is 1.18. The molecule has 1 aromatic rings. The summed E-state index contributed by atoms with van der Waals surface area (Å²) in [6, 6.07) is 5.50. The van der Waals surface area contributed by atoms with E-state index in [2.05, 4.69) is 27.0 Å². The number of pyridine rings is 1. The summed E-state index contributed by atoms with van der Waals surface area (Å²) < 4.78 is 5.50. The Hall–Kier alpha value is -0.531. The predicted molar refractivity (Wildman–Crippen MR) is 25.8 cm³/mol. The van der Waals surface area contributed by atoms with E-state index in [1.165, 1.54) is 0 Å². The molecule has 0 aliphatic rings. The molecule has 8 heavy (non-hydrogen) atoms. The average molecular weight is 149 g/mol. The number of hydrogen-bond acceptors (Lipinski definition) is 2. The van der Waals surface area contributed by atoms with E-state index < -0.39 is 0 Å². The summed E-state index contributed by atoms with van der Waals surface area (Å²) in [6.07, 6.45) is 4.34. The van der Waals surface area contributed by atoms with Gasteiger partial charge in [-0.25, -0.2) is 0 Å². The quantitative estimate of drug-likeness (QED) is 0.436. The smallest absolute Gasteiger partial charge is 0.0813 e. The van der Waals surface area contributed by atoms with Crippen LogP contribution in [-0.4, -0.2) is 4.98 Å². The van der Waals surface area contributed by atoms with Crippen molar-refractivity contribution in [1.29, 1.82) is 4.38 Å². The summed E-state index contributed by atoms with van der Waals surface area (Å²) in [5.74, 6) is 0. The van der Waals surface area contributed by atoms with Gasteiger partial charge in [-0.05, 0) is 0 Å². The molecule has 0 unspecified atom stereocenters. The molecule has 0 bridgehead atoms. The fourth-order valence-electron chi connectivity index (χ4n) is 0.277. The Kier molecular flexibility index (Phi) is 6.04. The van der Waals surface area contributed by atoms with Crippen LogP contribution in [0, 0.1) is 10.6 Å². The Labute approximate surface area is 56.4 Å². The first-order valence-electron chi connectivity index (χ1n) is 1.95. The van der Waals surface area contributed by atoms with Crippen LogP contribution in [0.15, 0.2) is 24.4 Å². The number of nitrogens with one attached hydrogen (secondary N) is 1. The molecule has 1 N–H and O–H groups in total. The molecule has 0 aliphatic carbocycles. The van der Waals surface area contributed by atoms with E-state index >= 15 is 0 Å². The molecule has 2 nitrogen and oxygen atoms in total. The van der Waals surface area contributed by atoms with Crippen molar-refractivity contribution in [3.63, 3.8) is 0 Å². The molecule has 0 spiro atoms. The van der Waals surface area contributed by atoms with E-state index in [4.69, 9.17) is 4.38 Å². The summed E-state index contributed by atoms with van der Waals surface area (Å²) >= 11 is 2.50. The van der Waals surface area contributed by atoms with Crippen LogP contribution in [0.1, 0.15) is 0 Å². The zero-order valence-corrected chi connectivity index (χ0v) is 5.21. The van der Waals surface area contributed by atoms with Crippen LogP contribution in [-0.2, 0) is 15.8 Å². The number of aromatic nitrogens is 1. The third-order valence-corrected chi connectivity index (χ3v) is 0.517. The Morgan fingerprint density at radius 1 is 1.38 bits per heavy atom. The molecular formula is C5H5FeN2. The van der Waals surface area contributed by atoms with Crippen LogP contribution in [0.3, 0.4) is 0 Å². The first-order valence-corrected chi connectivity index (χ1v) is 2.50. The van der Waals surface area contributed by atoms with Crippen molar-refractivity contribution in [3.8, 4) is 0 Å². The summed E-state index contributed by atoms with van der Waals surface area (Å²) in [5.41, 5.74) is 0. The first kappa shape index (κ1) is 7.47. The molecule has 0 saturated carbocycles. The number of nitrogens with zero attached hydrogens (tertiary/aromatic N) is 1. The SMILES string of the molecule is [NH]=[Fe+].[c-]1ccccn1. The van der Waals surface area contributed by atoms with Gasteiger partial charge < -0.3 is 4.98 Å². The zero-order valence-electron chi connectivity index (χ0n) is 4.11. The third-order valence-electron chi connectivity index (χ3n) is 0.517. The topological polar surface area (TPSA) is 36.7 Å². The molecule has 1 rings (SSSR count). The summed E-state index contributed by atoms with van der Waals surface area (Å²) in [5, 5.41) is 0. The monoisotopic (exact) mass is 149 g/mol. The van der Waals surface area contributed by atoms with Gasteiger partial charge >= 0.3 is 20.2 Å². The summed E-state index contributed by atoms with van der Waals surface area (Å²) in [7, 11) is 0. The fourth-order valence-corrected chi connectivity index (χ4v) is 0.277. The fraction of sp³-hybridized carbons (Fsp3) is 0. The normalized spacial score (nSPS) is 6.50. The third kappa shape index (κ3) is 3.65. The van der Waals surface area contributed by atoms with Crippen molar-refractivity contribution < 1.29 is 15.8 Å². The van der Waals surface area contributed by atoms with E-state index in [-0.39, 0.29) is 0 Å². The number of hydrogen-bond donors (Lipinski definition) is 1. The zero-order chi connectivity index (χ0) is 6.24. The van der Waals surface area contributed by atoms with Crippen molar-refractivity contribution in [3.05, 3.63) is 30.6 Å². The van der Waals surface area contributed by atoms with Gasteiger partial charge in [0, 0.05) is 0 Å². The van der Waals surface area contributed by atoms with Crippen molar-refractivity contribution in [2.24, 2.45) is 0 Å². The molecule has 0 atom stereocenters. The maximum absolute atomic E-state index is 5.50. The Balaban J connectivity index is 0.000000222. The maximum Gasteiger partial charge on any atom is -0.0813 e. The largest absolute Gasteiger partial charge is 0.394 e. The molecule has 43 valence electrons. The van der Waals surface area contributed by atoms with Gasteiger partial charge in [0.2, 0.25) is 0 Å². The van der Waals surface area contributed by atoms with Gasteiger partial charge in [-0.1, -0.05) is 12.4 Å². The average Bonchev–Trinajstić information content (AvgIpc) is 1.96. The number of rotatable bonds is 0. The minimum absolute atomic E-state index is 1.69. The molecule has 0 saturated heterocycles. The van der Waals surface area contributed by atoms with Crippen molar-refractivity contribution in [1.82, 2.24) is 4.98 Å². The summed E-state index contributed by atoms with van der Waals surface area (Å²) in [6.45, 7) is 0. The molecule has 0 aliphatic heterocycles. The van der Waals surface area contributed by atoms with Crippen LogP contribution < -0.4 is 0 Å². The molecular weight excluding hydrogens is 144 g/mol. The Bertz CT molecular complexity index is 93.3. The second-order valence-corrected chi connectivity index (χ2v) is 0.959. The minimum atomic E-state index is 1.69. The van der Waals surface area contributed by atoms with Crippen LogP contribution >= 0.6 is 0 Å². The molecule has 1 heterocycles. The van der Waals surface area contributed by atoms with Gasteiger partial charge in [0.25, 0.3) is 0 Å². The van der Waals surface area contributed by atoms with Gasteiger partial charge in [-0.2, -0.15) is 18.2 Å². The standard InChI is InChI=1S/C5H4N.Fe.HN/c1-2-4-6-5-3-1;;/h1-4H;;1H/q-1;+1;. The first-order chi connectivity index (χ1) is 4.00. The van der Waals surface area contributed by atoms with Gasteiger partial charge in [-0.15, -0.1) is 0 Å². The second-order valence-electron chi connectivity index (χ2n) is 0.959. The van der Waals surface area contributed by atoms with Crippen LogP contribution in [0.4, 0.5) is 0 Å². The maximum atomic E-state index is 5.50. The Morgan fingerprint density at radius 2 is 2.12 bits per heavy atom. The molecule has 1 aromatic heterocycles. The van der Waals surface area contributed by atoms with Crippen molar-refractivity contribution in [2.75, 3.05) is 0 Å². The van der Waals surface area contributed by atoms with Gasteiger partial charge in [0.05, 0.1) is 0 Å². The van der Waals surface area contributed by atoms with E-state index in [0.29, 0.717) is 0 Å². The van der Waals surface area contributed by atoms with Gasteiger partial charge in [-0.3, -0.25) is 0 Å². The molecule has 0 fully saturated rings. The molecule has 3 heteroatoms. The molecule has 0 amide bonds. The van der Waals surface area contributed by atoms with Gasteiger partial charge in [0.1, 0.15) is 0 Å². The van der Waals surface area contributed by atoms with Crippen LogP contribution in [0.25, 0.3) is 0 Å². The molecule has 0 radical (unpaired) electrons. The van der Waals surface area contributed by atoms with Crippen LogP contribution in [0.2, 0.25) is 0 Å². The van der Waals surface area contributed by atoms with E-state index in [1.54, 1.807) is 12.3 Å². The van der Waals surface area contributed by atoms with Crippen LogP contribution in [0.5, 0.6) is 0 Å². The second kappa shape index (κ2) is 6.47. The Morgan fingerprint density at radius 3 is 2.25 bits per heavy atom. The van der Waals surface area contributed by atoms with E-state index in [1.807, 2.05) is 12.1 Å². The van der Waals surface area contributed by atoms with Crippen molar-refractivity contribution >= 4 is 0 Å². The van der Waals surface area contributed by atoms with E-state index in [9.17, 15) is 0 Å². The summed E-state index contributed by atoms with van der Waals surface area (Å²) in [4.78, 5) is 3.66. The molecule has 0 aromatic carbocycles.